The summed E-state index contributed by atoms with van der Waals surface area (Å²) in [5.74, 6) is -0.550. The molecule has 7 heteroatoms. The van der Waals surface area contributed by atoms with Crippen LogP contribution in [0.1, 0.15) is 36.5 Å². The molecule has 0 spiro atoms. The molecule has 0 radical (unpaired) electrons. The summed E-state index contributed by atoms with van der Waals surface area (Å²) < 4.78 is 0. The third kappa shape index (κ3) is 5.65. The minimum absolute atomic E-state index is 0.0557. The van der Waals surface area contributed by atoms with Crippen molar-refractivity contribution in [3.63, 3.8) is 0 Å². The first-order chi connectivity index (χ1) is 11.5. The smallest absolute Gasteiger partial charge is 0.253 e. The fraction of sp³-hybridized carbons (Fsp3) is 0.529. The minimum Gasteiger partial charge on any atom is -0.351 e. The van der Waals surface area contributed by atoms with Crippen molar-refractivity contribution in [1.29, 1.82) is 0 Å². The van der Waals surface area contributed by atoms with Crippen LogP contribution in [0.15, 0.2) is 18.2 Å². The standard InChI is InChI=1S/C17H23Cl2N3O2/c1-2-7-22-8-5-13(6-9-22)21-16(23)11-20-17(24)14-4-3-12(18)10-15(14)19/h3-4,10,13H,2,5-9,11H2,1H3,(H,20,24)(H,21,23)/p+1. The van der Waals surface area contributed by atoms with E-state index in [-0.39, 0.29) is 29.4 Å². The Morgan fingerprint density at radius 1 is 1.25 bits per heavy atom. The molecule has 5 nitrogen and oxygen atoms in total. The van der Waals surface area contributed by atoms with E-state index in [4.69, 9.17) is 23.2 Å². The number of amides is 2. The second-order valence-corrected chi connectivity index (χ2v) is 6.99. The highest BCUT2D eigenvalue weighted by Gasteiger charge is 2.22. The van der Waals surface area contributed by atoms with Gasteiger partial charge < -0.3 is 15.5 Å². The van der Waals surface area contributed by atoms with Crippen LogP contribution in [0.25, 0.3) is 0 Å². The number of hydrogen-bond donors (Lipinski definition) is 3. The Bertz CT molecular complexity index is 587. The van der Waals surface area contributed by atoms with E-state index in [1.54, 1.807) is 17.0 Å². The Kier molecular flexibility index (Phi) is 7.34. The molecular formula is C17H24Cl2N3O2+. The maximum absolute atomic E-state index is 12.1. The summed E-state index contributed by atoms with van der Waals surface area (Å²) in [6.45, 7) is 5.51. The van der Waals surface area contributed by atoms with Gasteiger partial charge in [0.05, 0.1) is 36.8 Å². The Balaban J connectivity index is 1.74. The van der Waals surface area contributed by atoms with Crippen LogP contribution in [-0.4, -0.2) is 44.0 Å². The number of hydrogen-bond acceptors (Lipinski definition) is 2. The maximum atomic E-state index is 12.1. The van der Waals surface area contributed by atoms with Crippen molar-refractivity contribution in [3.8, 4) is 0 Å². The van der Waals surface area contributed by atoms with E-state index < -0.39 is 0 Å². The summed E-state index contributed by atoms with van der Waals surface area (Å²) in [4.78, 5) is 25.7. The van der Waals surface area contributed by atoms with E-state index in [1.165, 1.54) is 19.0 Å². The summed E-state index contributed by atoms with van der Waals surface area (Å²) in [5, 5.41) is 6.32. The Labute approximate surface area is 152 Å². The molecule has 1 heterocycles. The Morgan fingerprint density at radius 2 is 1.96 bits per heavy atom. The number of benzene rings is 1. The number of piperidine rings is 1. The van der Waals surface area contributed by atoms with Gasteiger partial charge in [0.25, 0.3) is 5.91 Å². The van der Waals surface area contributed by atoms with E-state index in [0.717, 1.165) is 25.9 Å². The van der Waals surface area contributed by atoms with Gasteiger partial charge in [0.2, 0.25) is 5.91 Å². The van der Waals surface area contributed by atoms with Gasteiger partial charge in [-0.05, 0) is 24.6 Å². The molecule has 2 amide bonds. The number of likely N-dealkylation sites (tertiary alicyclic amines) is 1. The average Bonchev–Trinajstić information content (AvgIpc) is 2.55. The van der Waals surface area contributed by atoms with Crippen LogP contribution in [0.4, 0.5) is 0 Å². The Morgan fingerprint density at radius 3 is 2.58 bits per heavy atom. The van der Waals surface area contributed by atoms with E-state index in [0.29, 0.717) is 10.6 Å². The molecule has 0 bridgehead atoms. The van der Waals surface area contributed by atoms with Crippen LogP contribution < -0.4 is 15.5 Å². The monoisotopic (exact) mass is 372 g/mol. The Hall–Kier alpha value is -1.30. The summed E-state index contributed by atoms with van der Waals surface area (Å²) >= 11 is 11.8. The predicted octanol–water partition coefficient (Wildman–Crippen LogP) is 1.30. The zero-order valence-electron chi connectivity index (χ0n) is 13.8. The van der Waals surface area contributed by atoms with Crippen LogP contribution >= 0.6 is 23.2 Å². The number of halogens is 2. The molecule has 1 aliphatic heterocycles. The van der Waals surface area contributed by atoms with Gasteiger partial charge in [0, 0.05) is 23.9 Å². The molecule has 0 aliphatic carbocycles. The minimum atomic E-state index is -0.381. The van der Waals surface area contributed by atoms with Gasteiger partial charge in [-0.3, -0.25) is 9.59 Å². The van der Waals surface area contributed by atoms with Gasteiger partial charge in [-0.1, -0.05) is 30.1 Å². The van der Waals surface area contributed by atoms with Gasteiger partial charge in [-0.2, -0.15) is 0 Å². The van der Waals surface area contributed by atoms with Gasteiger partial charge >= 0.3 is 0 Å². The maximum Gasteiger partial charge on any atom is 0.253 e. The molecule has 0 saturated carbocycles. The first-order valence-corrected chi connectivity index (χ1v) is 9.11. The van der Waals surface area contributed by atoms with Crippen LogP contribution in [-0.2, 0) is 4.79 Å². The van der Waals surface area contributed by atoms with Crippen LogP contribution in [0.3, 0.4) is 0 Å². The number of carbonyl (C=O) groups is 2. The van der Waals surface area contributed by atoms with Crippen molar-refractivity contribution in [2.24, 2.45) is 0 Å². The molecule has 1 aromatic carbocycles. The van der Waals surface area contributed by atoms with E-state index in [2.05, 4.69) is 17.6 Å². The molecule has 132 valence electrons. The van der Waals surface area contributed by atoms with E-state index in [9.17, 15) is 9.59 Å². The lowest BCUT2D eigenvalue weighted by Crippen LogP contribution is -3.13. The molecule has 3 N–H and O–H groups in total. The van der Waals surface area contributed by atoms with Crippen molar-refractivity contribution in [2.45, 2.75) is 32.2 Å². The van der Waals surface area contributed by atoms with Gasteiger partial charge in [0.15, 0.2) is 0 Å². The SMILES string of the molecule is CCC[NH+]1CCC(NC(=O)CNC(=O)c2ccc(Cl)cc2Cl)CC1. The molecule has 1 fully saturated rings. The lowest BCUT2D eigenvalue weighted by atomic mass is 10.0. The fourth-order valence-corrected chi connectivity index (χ4v) is 3.48. The zero-order valence-corrected chi connectivity index (χ0v) is 15.3. The predicted molar refractivity (Wildman–Crippen MR) is 95.8 cm³/mol. The summed E-state index contributed by atoms with van der Waals surface area (Å²) in [6, 6.07) is 4.85. The lowest BCUT2D eigenvalue weighted by molar-refractivity contribution is -0.905. The first kappa shape index (κ1) is 19.0. The second kappa shape index (κ2) is 9.25. The highest BCUT2D eigenvalue weighted by molar-refractivity contribution is 6.36. The highest BCUT2D eigenvalue weighted by Crippen LogP contribution is 2.20. The largest absolute Gasteiger partial charge is 0.351 e. The van der Waals surface area contributed by atoms with Crippen LogP contribution in [0, 0.1) is 0 Å². The van der Waals surface area contributed by atoms with Crippen molar-refractivity contribution in [3.05, 3.63) is 33.8 Å². The second-order valence-electron chi connectivity index (χ2n) is 6.15. The molecule has 24 heavy (non-hydrogen) atoms. The summed E-state index contributed by atoms with van der Waals surface area (Å²) in [5.41, 5.74) is 0.311. The average molecular weight is 373 g/mol. The molecule has 1 aliphatic rings. The van der Waals surface area contributed by atoms with Gasteiger partial charge in [-0.15, -0.1) is 0 Å². The molecule has 1 saturated heterocycles. The normalized spacial score (nSPS) is 20.5. The molecule has 0 unspecified atom stereocenters. The topological polar surface area (TPSA) is 62.6 Å². The third-order valence-corrected chi connectivity index (χ3v) is 4.79. The molecule has 2 rings (SSSR count). The van der Waals surface area contributed by atoms with Gasteiger partial charge in [-0.25, -0.2) is 0 Å². The van der Waals surface area contributed by atoms with E-state index >= 15 is 0 Å². The van der Waals surface area contributed by atoms with Crippen molar-refractivity contribution >= 4 is 35.0 Å². The van der Waals surface area contributed by atoms with Crippen LogP contribution in [0.5, 0.6) is 0 Å². The lowest BCUT2D eigenvalue weighted by Gasteiger charge is -2.29. The zero-order chi connectivity index (χ0) is 17.5. The number of quaternary nitrogens is 1. The summed E-state index contributed by atoms with van der Waals surface area (Å²) in [7, 11) is 0. The van der Waals surface area contributed by atoms with Crippen LogP contribution in [0.2, 0.25) is 10.0 Å². The van der Waals surface area contributed by atoms with Crippen molar-refractivity contribution < 1.29 is 14.5 Å². The highest BCUT2D eigenvalue weighted by atomic mass is 35.5. The number of carbonyl (C=O) groups excluding carboxylic acids is 2. The molecule has 1 aromatic rings. The quantitative estimate of drug-likeness (QED) is 0.704. The van der Waals surface area contributed by atoms with Gasteiger partial charge in [0.1, 0.15) is 0 Å². The first-order valence-electron chi connectivity index (χ1n) is 8.35. The fourth-order valence-electron chi connectivity index (χ4n) is 2.98. The summed E-state index contributed by atoms with van der Waals surface area (Å²) in [6.07, 6.45) is 3.15. The van der Waals surface area contributed by atoms with Crippen molar-refractivity contribution in [2.75, 3.05) is 26.2 Å². The van der Waals surface area contributed by atoms with Crippen molar-refractivity contribution in [1.82, 2.24) is 10.6 Å². The van der Waals surface area contributed by atoms with E-state index in [1.807, 2.05) is 0 Å². The number of nitrogens with one attached hydrogen (secondary N) is 3. The number of rotatable bonds is 6. The molecule has 0 aromatic heterocycles. The molecule has 0 atom stereocenters. The molecular weight excluding hydrogens is 349 g/mol. The third-order valence-electron chi connectivity index (χ3n) is 4.25.